The van der Waals surface area contributed by atoms with E-state index >= 15 is 0 Å². The van der Waals surface area contributed by atoms with Crippen LogP contribution < -0.4 is 4.74 Å². The second-order valence-electron chi connectivity index (χ2n) is 4.18. The Bertz CT molecular complexity index is 447. The number of likely N-dealkylation sites (tertiary alicyclic amines) is 1. The zero-order chi connectivity index (χ0) is 13.1. The van der Waals surface area contributed by atoms with Crippen molar-refractivity contribution in [3.63, 3.8) is 0 Å². The third kappa shape index (κ3) is 2.81. The maximum absolute atomic E-state index is 10.8. The van der Waals surface area contributed by atoms with Crippen molar-refractivity contribution in [1.29, 1.82) is 0 Å². The van der Waals surface area contributed by atoms with E-state index in [1.165, 1.54) is 11.2 Å². The molecule has 0 atom stereocenters. The lowest BCUT2D eigenvalue weighted by molar-refractivity contribution is 0.0866. The number of rotatable bonds is 2. The first-order chi connectivity index (χ1) is 8.58. The van der Waals surface area contributed by atoms with E-state index in [-0.39, 0.29) is 6.10 Å². The van der Waals surface area contributed by atoms with Crippen LogP contribution in [0.2, 0.25) is 5.15 Å². The van der Waals surface area contributed by atoms with Gasteiger partial charge in [-0.25, -0.2) is 14.8 Å². The average molecular weight is 272 g/mol. The molecule has 0 unspecified atom stereocenters. The predicted octanol–water partition coefficient (Wildman–Crippen LogP) is 1.96. The maximum atomic E-state index is 10.8. The van der Waals surface area contributed by atoms with Crippen molar-refractivity contribution >= 4 is 17.7 Å². The molecule has 1 aromatic heterocycles. The van der Waals surface area contributed by atoms with E-state index in [1.54, 1.807) is 6.92 Å². The summed E-state index contributed by atoms with van der Waals surface area (Å²) in [5.74, 6) is 0.476. The van der Waals surface area contributed by atoms with Gasteiger partial charge in [-0.1, -0.05) is 11.6 Å². The summed E-state index contributed by atoms with van der Waals surface area (Å²) in [6, 6.07) is 0. The number of piperidine rings is 1. The first-order valence-corrected chi connectivity index (χ1v) is 6.07. The van der Waals surface area contributed by atoms with Crippen molar-refractivity contribution in [2.24, 2.45) is 0 Å². The van der Waals surface area contributed by atoms with E-state index in [2.05, 4.69) is 9.97 Å². The largest absolute Gasteiger partial charge is 0.474 e. The van der Waals surface area contributed by atoms with Crippen molar-refractivity contribution < 1.29 is 14.6 Å². The molecule has 1 aromatic rings. The van der Waals surface area contributed by atoms with Crippen molar-refractivity contribution in [3.8, 4) is 5.88 Å². The standard InChI is InChI=1S/C11H14ClN3O3/c1-7-9(12)13-6-14-10(7)18-8-2-4-15(5-3-8)11(16)17/h6,8H,2-5H2,1H3,(H,16,17). The molecule has 0 bridgehead atoms. The Morgan fingerprint density at radius 3 is 2.78 bits per heavy atom. The number of halogens is 1. The Morgan fingerprint density at radius 1 is 1.50 bits per heavy atom. The van der Waals surface area contributed by atoms with Crippen molar-refractivity contribution in [3.05, 3.63) is 17.0 Å². The molecule has 1 N–H and O–H groups in total. The molecule has 2 heterocycles. The summed E-state index contributed by atoms with van der Waals surface area (Å²) in [4.78, 5) is 20.0. The fourth-order valence-corrected chi connectivity index (χ4v) is 1.98. The SMILES string of the molecule is Cc1c(Cl)ncnc1OC1CCN(C(=O)O)CC1. The number of aromatic nitrogens is 2. The molecule has 7 heteroatoms. The van der Waals surface area contributed by atoms with E-state index in [0.29, 0.717) is 42.5 Å². The molecule has 1 aliphatic rings. The first-order valence-electron chi connectivity index (χ1n) is 5.69. The quantitative estimate of drug-likeness (QED) is 0.832. The van der Waals surface area contributed by atoms with E-state index in [9.17, 15) is 4.79 Å². The predicted molar refractivity (Wildman–Crippen MR) is 65.0 cm³/mol. The molecule has 1 aliphatic heterocycles. The smallest absolute Gasteiger partial charge is 0.407 e. The van der Waals surface area contributed by atoms with Crippen molar-refractivity contribution in [1.82, 2.24) is 14.9 Å². The van der Waals surface area contributed by atoms with Crippen molar-refractivity contribution in [2.45, 2.75) is 25.9 Å². The number of carboxylic acid groups (broad SMARTS) is 1. The highest BCUT2D eigenvalue weighted by Crippen LogP contribution is 2.23. The Balaban J connectivity index is 1.96. The Hall–Kier alpha value is -1.56. The Morgan fingerprint density at radius 2 is 2.17 bits per heavy atom. The monoisotopic (exact) mass is 271 g/mol. The van der Waals surface area contributed by atoms with Crippen LogP contribution in [0.1, 0.15) is 18.4 Å². The molecule has 0 spiro atoms. The summed E-state index contributed by atoms with van der Waals surface area (Å²) >= 11 is 5.88. The van der Waals surface area contributed by atoms with Gasteiger partial charge in [-0.05, 0) is 6.92 Å². The lowest BCUT2D eigenvalue weighted by atomic mass is 10.1. The number of amides is 1. The van der Waals surface area contributed by atoms with Crippen LogP contribution in [0, 0.1) is 6.92 Å². The molecular weight excluding hydrogens is 258 g/mol. The van der Waals surface area contributed by atoms with Crippen LogP contribution in [0.5, 0.6) is 5.88 Å². The van der Waals surface area contributed by atoms with Crippen LogP contribution in [0.3, 0.4) is 0 Å². The highest BCUT2D eigenvalue weighted by atomic mass is 35.5. The highest BCUT2D eigenvalue weighted by Gasteiger charge is 2.24. The minimum atomic E-state index is -0.880. The molecule has 98 valence electrons. The molecule has 0 radical (unpaired) electrons. The lowest BCUT2D eigenvalue weighted by Crippen LogP contribution is -2.41. The number of nitrogens with zero attached hydrogens (tertiary/aromatic N) is 3. The third-order valence-electron chi connectivity index (χ3n) is 2.97. The molecule has 0 saturated carbocycles. The van der Waals surface area contributed by atoms with Crippen LogP contribution in [0.4, 0.5) is 4.79 Å². The van der Waals surface area contributed by atoms with Gasteiger partial charge in [0.2, 0.25) is 5.88 Å². The second kappa shape index (κ2) is 5.39. The average Bonchev–Trinajstić information content (AvgIpc) is 2.36. The molecule has 1 fully saturated rings. The third-order valence-corrected chi connectivity index (χ3v) is 3.35. The van der Waals surface area contributed by atoms with Gasteiger partial charge in [0.25, 0.3) is 0 Å². The molecule has 0 aliphatic carbocycles. The van der Waals surface area contributed by atoms with E-state index in [1.807, 2.05) is 0 Å². The number of hydrogen-bond acceptors (Lipinski definition) is 4. The molecule has 18 heavy (non-hydrogen) atoms. The molecule has 0 aromatic carbocycles. The van der Waals surface area contributed by atoms with Crippen LogP contribution >= 0.6 is 11.6 Å². The number of hydrogen-bond donors (Lipinski definition) is 1. The molecular formula is C11H14ClN3O3. The van der Waals surface area contributed by atoms with E-state index in [4.69, 9.17) is 21.4 Å². The summed E-state index contributed by atoms with van der Waals surface area (Å²) in [5, 5.41) is 9.22. The molecule has 6 nitrogen and oxygen atoms in total. The molecule has 1 amide bonds. The topological polar surface area (TPSA) is 75.6 Å². The minimum absolute atomic E-state index is 0.0229. The minimum Gasteiger partial charge on any atom is -0.474 e. The number of ether oxygens (including phenoxy) is 1. The van der Waals surface area contributed by atoms with Gasteiger partial charge >= 0.3 is 6.09 Å². The fourth-order valence-electron chi connectivity index (χ4n) is 1.86. The summed E-state index contributed by atoms with van der Waals surface area (Å²) in [6.07, 6.45) is 1.78. The summed E-state index contributed by atoms with van der Waals surface area (Å²) in [6.45, 7) is 2.76. The van der Waals surface area contributed by atoms with Crippen LogP contribution in [-0.4, -0.2) is 45.3 Å². The summed E-state index contributed by atoms with van der Waals surface area (Å²) < 4.78 is 5.74. The van der Waals surface area contributed by atoms with Gasteiger partial charge in [0, 0.05) is 31.5 Å². The van der Waals surface area contributed by atoms with E-state index in [0.717, 1.165) is 0 Å². The summed E-state index contributed by atoms with van der Waals surface area (Å²) in [7, 11) is 0. The second-order valence-corrected chi connectivity index (χ2v) is 4.54. The van der Waals surface area contributed by atoms with E-state index < -0.39 is 6.09 Å². The highest BCUT2D eigenvalue weighted by molar-refractivity contribution is 6.30. The fraction of sp³-hybridized carbons (Fsp3) is 0.545. The van der Waals surface area contributed by atoms with Gasteiger partial charge in [-0.3, -0.25) is 0 Å². The first kappa shape index (κ1) is 12.9. The van der Waals surface area contributed by atoms with Gasteiger partial charge in [-0.2, -0.15) is 0 Å². The van der Waals surface area contributed by atoms with Gasteiger partial charge in [0.1, 0.15) is 17.6 Å². The maximum Gasteiger partial charge on any atom is 0.407 e. The lowest BCUT2D eigenvalue weighted by Gasteiger charge is -2.30. The van der Waals surface area contributed by atoms with Crippen LogP contribution in [0.15, 0.2) is 6.33 Å². The normalized spacial score (nSPS) is 16.7. The number of carbonyl (C=O) groups is 1. The summed E-state index contributed by atoms with van der Waals surface area (Å²) in [5.41, 5.74) is 0.708. The van der Waals surface area contributed by atoms with Gasteiger partial charge in [-0.15, -0.1) is 0 Å². The van der Waals surface area contributed by atoms with Gasteiger partial charge in [0.15, 0.2) is 0 Å². The van der Waals surface area contributed by atoms with Gasteiger partial charge in [0.05, 0.1) is 0 Å². The zero-order valence-corrected chi connectivity index (χ0v) is 10.7. The zero-order valence-electron chi connectivity index (χ0n) is 9.97. The van der Waals surface area contributed by atoms with Gasteiger partial charge < -0.3 is 14.7 Å². The Kier molecular flexibility index (Phi) is 3.86. The molecule has 1 saturated heterocycles. The van der Waals surface area contributed by atoms with Crippen molar-refractivity contribution in [2.75, 3.05) is 13.1 Å². The molecule has 2 rings (SSSR count). The Labute approximate surface area is 110 Å². The van der Waals surface area contributed by atoms with Crippen LogP contribution in [-0.2, 0) is 0 Å². The van der Waals surface area contributed by atoms with Crippen LogP contribution in [0.25, 0.3) is 0 Å².